The van der Waals surface area contributed by atoms with E-state index in [-0.39, 0.29) is 0 Å². The van der Waals surface area contributed by atoms with E-state index in [1.54, 1.807) is 11.3 Å². The number of hydrogen-bond acceptors (Lipinski definition) is 4. The topological polar surface area (TPSA) is 51.8 Å². The lowest BCUT2D eigenvalue weighted by molar-refractivity contribution is 0.448. The van der Waals surface area contributed by atoms with Gasteiger partial charge in [-0.3, -0.25) is 4.98 Å². The average molecular weight is 259 g/mol. The van der Waals surface area contributed by atoms with Crippen LogP contribution in [0.4, 0.5) is 5.13 Å². The highest BCUT2D eigenvalue weighted by Gasteiger charge is 2.23. The highest BCUT2D eigenvalue weighted by molar-refractivity contribution is 7.15. The molecule has 0 spiro atoms. The summed E-state index contributed by atoms with van der Waals surface area (Å²) in [7, 11) is 0. The van der Waals surface area contributed by atoms with Crippen LogP contribution >= 0.6 is 11.3 Å². The first-order valence-electron chi connectivity index (χ1n) is 6.52. The van der Waals surface area contributed by atoms with E-state index in [0.717, 1.165) is 11.4 Å². The Balaban J connectivity index is 1.99. The van der Waals surface area contributed by atoms with Crippen LogP contribution in [-0.2, 0) is 0 Å². The third-order valence-corrected chi connectivity index (χ3v) is 4.60. The third-order valence-electron chi connectivity index (χ3n) is 3.55. The Kier molecular flexibility index (Phi) is 3.28. The van der Waals surface area contributed by atoms with E-state index < -0.39 is 0 Å². The van der Waals surface area contributed by atoms with Crippen molar-refractivity contribution in [3.05, 3.63) is 29.3 Å². The van der Waals surface area contributed by atoms with Crippen LogP contribution in [0, 0.1) is 0 Å². The molecule has 1 aliphatic carbocycles. The van der Waals surface area contributed by atoms with Crippen LogP contribution in [-0.4, -0.2) is 9.97 Å². The second kappa shape index (κ2) is 5.06. The maximum Gasteiger partial charge on any atom is 0.180 e. The number of nitrogens with two attached hydrogens (primary N) is 1. The minimum absolute atomic E-state index is 0.630. The van der Waals surface area contributed by atoms with Gasteiger partial charge in [-0.05, 0) is 30.9 Å². The molecular formula is C14H17N3S. The van der Waals surface area contributed by atoms with Crippen molar-refractivity contribution < 1.29 is 0 Å². The molecule has 0 aromatic carbocycles. The first kappa shape index (κ1) is 11.7. The third kappa shape index (κ3) is 2.25. The van der Waals surface area contributed by atoms with E-state index in [4.69, 9.17) is 5.73 Å². The lowest BCUT2D eigenvalue weighted by Crippen LogP contribution is -2.04. The molecule has 0 saturated heterocycles. The van der Waals surface area contributed by atoms with Crippen LogP contribution in [0.25, 0.3) is 11.4 Å². The summed E-state index contributed by atoms with van der Waals surface area (Å²) in [6, 6.07) is 5.95. The summed E-state index contributed by atoms with van der Waals surface area (Å²) in [6.07, 6.45) is 8.36. The molecule has 3 nitrogen and oxygen atoms in total. The fraction of sp³-hybridized carbons (Fsp3) is 0.429. The summed E-state index contributed by atoms with van der Waals surface area (Å²) in [5.41, 5.74) is 7.86. The fourth-order valence-electron chi connectivity index (χ4n) is 2.68. The molecular weight excluding hydrogens is 242 g/mol. The lowest BCUT2D eigenvalue weighted by atomic mass is 9.87. The molecule has 2 heterocycles. The van der Waals surface area contributed by atoms with Gasteiger partial charge in [-0.25, -0.2) is 4.98 Å². The summed E-state index contributed by atoms with van der Waals surface area (Å²) in [5, 5.41) is 0.663. The fourth-order valence-corrected chi connectivity index (χ4v) is 3.69. The van der Waals surface area contributed by atoms with Crippen molar-refractivity contribution in [1.82, 2.24) is 9.97 Å². The molecule has 2 aromatic rings. The van der Waals surface area contributed by atoms with Gasteiger partial charge in [0.15, 0.2) is 5.13 Å². The summed E-state index contributed by atoms with van der Waals surface area (Å²) in [4.78, 5) is 10.2. The van der Waals surface area contributed by atoms with Crippen LogP contribution in [0.15, 0.2) is 24.4 Å². The van der Waals surface area contributed by atoms with E-state index in [2.05, 4.69) is 9.97 Å². The monoisotopic (exact) mass is 259 g/mol. The maximum absolute atomic E-state index is 5.90. The van der Waals surface area contributed by atoms with E-state index in [1.165, 1.54) is 37.0 Å². The molecule has 0 unspecified atom stereocenters. The number of nitrogen functional groups attached to an aromatic ring is 1. The van der Waals surface area contributed by atoms with Gasteiger partial charge >= 0.3 is 0 Å². The predicted octanol–water partition coefficient (Wildman–Crippen LogP) is 3.84. The van der Waals surface area contributed by atoms with E-state index in [1.807, 2.05) is 24.4 Å². The van der Waals surface area contributed by atoms with E-state index >= 15 is 0 Å². The summed E-state index contributed by atoms with van der Waals surface area (Å²) in [6.45, 7) is 0. The number of anilines is 1. The number of hydrogen-bond donors (Lipinski definition) is 1. The van der Waals surface area contributed by atoms with Crippen molar-refractivity contribution in [1.29, 1.82) is 0 Å². The highest BCUT2D eigenvalue weighted by atomic mass is 32.1. The molecule has 2 aromatic heterocycles. The zero-order chi connectivity index (χ0) is 12.4. The van der Waals surface area contributed by atoms with Gasteiger partial charge in [-0.1, -0.05) is 25.3 Å². The molecule has 1 saturated carbocycles. The Morgan fingerprint density at radius 2 is 2.00 bits per heavy atom. The summed E-state index contributed by atoms with van der Waals surface area (Å²) < 4.78 is 0. The second-order valence-corrected chi connectivity index (χ2v) is 5.88. The maximum atomic E-state index is 5.90. The van der Waals surface area contributed by atoms with Gasteiger partial charge in [-0.15, -0.1) is 11.3 Å². The second-order valence-electron chi connectivity index (χ2n) is 4.81. The predicted molar refractivity (Wildman–Crippen MR) is 75.6 cm³/mol. The van der Waals surface area contributed by atoms with Crippen molar-refractivity contribution in [2.45, 2.75) is 38.0 Å². The van der Waals surface area contributed by atoms with Crippen LogP contribution in [0.1, 0.15) is 42.9 Å². The summed E-state index contributed by atoms with van der Waals surface area (Å²) >= 11 is 1.64. The molecule has 0 atom stereocenters. The normalized spacial score (nSPS) is 16.9. The first-order valence-corrected chi connectivity index (χ1v) is 7.34. The van der Waals surface area contributed by atoms with Crippen LogP contribution in [0.5, 0.6) is 0 Å². The molecule has 0 bridgehead atoms. The molecule has 0 amide bonds. The Morgan fingerprint density at radius 3 is 2.72 bits per heavy atom. The standard InChI is InChI=1S/C14H17N3S/c15-14-17-12(11-8-4-5-9-16-11)13(18-14)10-6-2-1-3-7-10/h4-5,8-10H,1-3,6-7H2,(H2,15,17). The molecule has 4 heteroatoms. The smallest absolute Gasteiger partial charge is 0.180 e. The van der Waals surface area contributed by atoms with E-state index in [0.29, 0.717) is 11.0 Å². The number of thiazole rings is 1. The van der Waals surface area contributed by atoms with Gasteiger partial charge in [0.2, 0.25) is 0 Å². The number of aromatic nitrogens is 2. The molecule has 1 aliphatic rings. The quantitative estimate of drug-likeness (QED) is 0.891. The van der Waals surface area contributed by atoms with Crippen LogP contribution in [0.3, 0.4) is 0 Å². The molecule has 94 valence electrons. The SMILES string of the molecule is Nc1nc(-c2ccccn2)c(C2CCCCC2)s1. The van der Waals surface area contributed by atoms with Crippen molar-refractivity contribution in [2.24, 2.45) is 0 Å². The van der Waals surface area contributed by atoms with Gasteiger partial charge < -0.3 is 5.73 Å². The summed E-state index contributed by atoms with van der Waals surface area (Å²) in [5.74, 6) is 0.630. The highest BCUT2D eigenvalue weighted by Crippen LogP contribution is 2.41. The van der Waals surface area contributed by atoms with Gasteiger partial charge in [-0.2, -0.15) is 0 Å². The Morgan fingerprint density at radius 1 is 1.17 bits per heavy atom. The molecule has 18 heavy (non-hydrogen) atoms. The number of pyridine rings is 1. The number of rotatable bonds is 2. The van der Waals surface area contributed by atoms with Gasteiger partial charge in [0.1, 0.15) is 5.69 Å². The Bertz CT molecular complexity index is 515. The minimum Gasteiger partial charge on any atom is -0.375 e. The van der Waals surface area contributed by atoms with Gasteiger partial charge in [0.25, 0.3) is 0 Å². The van der Waals surface area contributed by atoms with Crippen molar-refractivity contribution >= 4 is 16.5 Å². The van der Waals surface area contributed by atoms with Crippen molar-refractivity contribution in [2.75, 3.05) is 5.73 Å². The average Bonchev–Trinajstić information content (AvgIpc) is 2.83. The molecule has 0 radical (unpaired) electrons. The van der Waals surface area contributed by atoms with Crippen molar-refractivity contribution in [3.63, 3.8) is 0 Å². The zero-order valence-electron chi connectivity index (χ0n) is 10.3. The molecule has 0 aliphatic heterocycles. The molecule has 2 N–H and O–H groups in total. The minimum atomic E-state index is 0.630. The van der Waals surface area contributed by atoms with Gasteiger partial charge in [0, 0.05) is 11.1 Å². The van der Waals surface area contributed by atoms with Crippen LogP contribution < -0.4 is 5.73 Å². The zero-order valence-corrected chi connectivity index (χ0v) is 11.1. The van der Waals surface area contributed by atoms with E-state index in [9.17, 15) is 0 Å². The van der Waals surface area contributed by atoms with Crippen LogP contribution in [0.2, 0.25) is 0 Å². The molecule has 1 fully saturated rings. The largest absolute Gasteiger partial charge is 0.375 e. The van der Waals surface area contributed by atoms with Crippen molar-refractivity contribution in [3.8, 4) is 11.4 Å². The number of nitrogens with zero attached hydrogens (tertiary/aromatic N) is 2. The first-order chi connectivity index (χ1) is 8.84. The Hall–Kier alpha value is -1.42. The lowest BCUT2D eigenvalue weighted by Gasteiger charge is -2.20. The molecule has 3 rings (SSSR count). The Labute approximate surface area is 111 Å². The van der Waals surface area contributed by atoms with Gasteiger partial charge in [0.05, 0.1) is 5.69 Å².